The van der Waals surface area contributed by atoms with E-state index < -0.39 is 10.3 Å². The van der Waals surface area contributed by atoms with E-state index in [-0.39, 0.29) is 5.69 Å². The van der Waals surface area contributed by atoms with E-state index in [0.29, 0.717) is 0 Å². The molecule has 0 bridgehead atoms. The normalized spacial score (nSPS) is 13.5. The molecule has 2 rings (SSSR count). The fourth-order valence-electron chi connectivity index (χ4n) is 2.02. The molecule has 0 N–H and O–H groups in total. The maximum absolute atomic E-state index is 11.5. The molecule has 0 spiro atoms. The Kier molecular flexibility index (Phi) is 3.42. The molecule has 0 aliphatic rings. The van der Waals surface area contributed by atoms with Crippen molar-refractivity contribution in [3.05, 3.63) is 75.8 Å². The summed E-state index contributed by atoms with van der Waals surface area (Å²) in [5.74, 6) is 0. The fraction of sp³-hybridized carbons (Fsp3) is 0.133. The largest absolute Gasteiger partial charge is 0.302 e. The number of nitro groups is 1. The van der Waals surface area contributed by atoms with E-state index in [4.69, 9.17) is 0 Å². The first kappa shape index (κ1) is 13.0. The second kappa shape index (κ2) is 5.02. The summed E-state index contributed by atoms with van der Waals surface area (Å²) in [6.07, 6.45) is 0.865. The maximum Gasteiger partial charge on any atom is 0.269 e. The molecule has 0 amide bonds. The highest BCUT2D eigenvalue weighted by molar-refractivity contribution is 5.74. The van der Waals surface area contributed by atoms with Crippen LogP contribution in [0.4, 0.5) is 5.69 Å². The number of rotatable bonds is 4. The van der Waals surface area contributed by atoms with Crippen molar-refractivity contribution in [2.45, 2.75) is 12.3 Å². The molecule has 0 fully saturated rings. The van der Waals surface area contributed by atoms with E-state index in [1.165, 1.54) is 12.1 Å². The summed E-state index contributed by atoms with van der Waals surface area (Å²) in [4.78, 5) is 21.7. The Labute approximate surface area is 110 Å². The minimum Gasteiger partial charge on any atom is -0.302 e. The molecule has 0 aliphatic carbocycles. The molecule has 19 heavy (non-hydrogen) atoms. The predicted octanol–water partition coefficient (Wildman–Crippen LogP) is 3.10. The number of nitrogens with zero attached hydrogens (tertiary/aromatic N) is 1. The lowest BCUT2D eigenvalue weighted by Crippen LogP contribution is -2.25. The number of benzene rings is 2. The van der Waals surface area contributed by atoms with E-state index in [1.54, 1.807) is 19.1 Å². The van der Waals surface area contributed by atoms with Gasteiger partial charge in [-0.05, 0) is 18.1 Å². The zero-order valence-corrected chi connectivity index (χ0v) is 10.4. The lowest BCUT2D eigenvalue weighted by atomic mass is 9.77. The van der Waals surface area contributed by atoms with Gasteiger partial charge in [0.2, 0.25) is 0 Å². The van der Waals surface area contributed by atoms with Crippen molar-refractivity contribution in [1.82, 2.24) is 0 Å². The van der Waals surface area contributed by atoms with Crippen molar-refractivity contribution in [2.24, 2.45) is 0 Å². The summed E-state index contributed by atoms with van der Waals surface area (Å²) in [5.41, 5.74) is 0.819. The average molecular weight is 255 g/mol. The van der Waals surface area contributed by atoms with Gasteiger partial charge in [-0.25, -0.2) is 0 Å². The molecule has 0 heterocycles. The highest BCUT2D eigenvalue weighted by Gasteiger charge is 2.28. The molecule has 0 saturated heterocycles. The van der Waals surface area contributed by atoms with Gasteiger partial charge in [-0.1, -0.05) is 42.5 Å². The Morgan fingerprint density at radius 2 is 1.53 bits per heavy atom. The molecule has 1 atom stereocenters. The minimum atomic E-state index is -0.795. The van der Waals surface area contributed by atoms with Gasteiger partial charge >= 0.3 is 0 Å². The summed E-state index contributed by atoms with van der Waals surface area (Å²) in [6.45, 7) is 1.80. The standard InChI is InChI=1S/C15H13NO3/c1-15(11-17,12-5-3-2-4-6-12)13-7-9-14(10-8-13)16(18)19/h2-11H,1H3/t15-/m1/s1. The zero-order chi connectivity index (χ0) is 13.9. The van der Waals surface area contributed by atoms with Crippen LogP contribution in [-0.4, -0.2) is 11.2 Å². The topological polar surface area (TPSA) is 60.2 Å². The molecule has 0 aromatic heterocycles. The van der Waals surface area contributed by atoms with Crippen molar-refractivity contribution < 1.29 is 9.72 Å². The third-order valence-electron chi connectivity index (χ3n) is 3.29. The first-order chi connectivity index (χ1) is 9.08. The monoisotopic (exact) mass is 255 g/mol. The van der Waals surface area contributed by atoms with Crippen LogP contribution in [0.15, 0.2) is 54.6 Å². The Morgan fingerprint density at radius 3 is 2.00 bits per heavy atom. The number of hydrogen-bond acceptors (Lipinski definition) is 3. The molecule has 2 aromatic carbocycles. The Morgan fingerprint density at radius 1 is 1.00 bits per heavy atom. The van der Waals surface area contributed by atoms with E-state index in [2.05, 4.69) is 0 Å². The van der Waals surface area contributed by atoms with Crippen molar-refractivity contribution in [3.63, 3.8) is 0 Å². The molecular weight excluding hydrogens is 242 g/mol. The second-order valence-corrected chi connectivity index (χ2v) is 4.49. The smallest absolute Gasteiger partial charge is 0.269 e. The SMILES string of the molecule is C[C@@](C=O)(c1ccccc1)c1ccc([N+](=O)[O-])cc1. The van der Waals surface area contributed by atoms with Crippen molar-refractivity contribution in [1.29, 1.82) is 0 Å². The van der Waals surface area contributed by atoms with Gasteiger partial charge in [-0.2, -0.15) is 0 Å². The van der Waals surface area contributed by atoms with Crippen molar-refractivity contribution >= 4 is 12.0 Å². The third-order valence-corrected chi connectivity index (χ3v) is 3.29. The summed E-state index contributed by atoms with van der Waals surface area (Å²) < 4.78 is 0. The number of aldehydes is 1. The lowest BCUT2D eigenvalue weighted by molar-refractivity contribution is -0.384. The van der Waals surface area contributed by atoms with E-state index >= 15 is 0 Å². The predicted molar refractivity (Wildman–Crippen MR) is 72.1 cm³/mol. The van der Waals surface area contributed by atoms with E-state index in [0.717, 1.165) is 17.4 Å². The zero-order valence-electron chi connectivity index (χ0n) is 10.4. The Bertz CT molecular complexity index is 593. The molecule has 0 radical (unpaired) electrons. The van der Waals surface area contributed by atoms with Crippen LogP contribution in [0.1, 0.15) is 18.1 Å². The first-order valence-electron chi connectivity index (χ1n) is 5.85. The molecule has 96 valence electrons. The lowest BCUT2D eigenvalue weighted by Gasteiger charge is -2.24. The van der Waals surface area contributed by atoms with Gasteiger partial charge in [0.1, 0.15) is 6.29 Å². The van der Waals surface area contributed by atoms with Gasteiger partial charge in [-0.15, -0.1) is 0 Å². The number of carbonyl (C=O) groups is 1. The summed E-state index contributed by atoms with van der Waals surface area (Å²) in [7, 11) is 0. The van der Waals surface area contributed by atoms with Gasteiger partial charge in [0.05, 0.1) is 10.3 Å². The molecule has 0 unspecified atom stereocenters. The van der Waals surface area contributed by atoms with Gasteiger partial charge < -0.3 is 4.79 Å². The van der Waals surface area contributed by atoms with Gasteiger partial charge in [-0.3, -0.25) is 10.1 Å². The van der Waals surface area contributed by atoms with Crippen LogP contribution in [0, 0.1) is 10.1 Å². The fourth-order valence-corrected chi connectivity index (χ4v) is 2.02. The molecule has 0 aliphatic heterocycles. The van der Waals surface area contributed by atoms with Gasteiger partial charge in [0.15, 0.2) is 0 Å². The van der Waals surface area contributed by atoms with Crippen LogP contribution in [-0.2, 0) is 10.2 Å². The van der Waals surface area contributed by atoms with Gasteiger partial charge in [0, 0.05) is 12.1 Å². The first-order valence-corrected chi connectivity index (χ1v) is 5.85. The van der Waals surface area contributed by atoms with Gasteiger partial charge in [0.25, 0.3) is 5.69 Å². The van der Waals surface area contributed by atoms with Crippen molar-refractivity contribution in [3.8, 4) is 0 Å². The molecule has 4 heteroatoms. The van der Waals surface area contributed by atoms with Crippen LogP contribution in [0.25, 0.3) is 0 Å². The van der Waals surface area contributed by atoms with Crippen LogP contribution in [0.3, 0.4) is 0 Å². The van der Waals surface area contributed by atoms with E-state index in [9.17, 15) is 14.9 Å². The van der Waals surface area contributed by atoms with E-state index in [1.807, 2.05) is 30.3 Å². The highest BCUT2D eigenvalue weighted by atomic mass is 16.6. The summed E-state index contributed by atoms with van der Waals surface area (Å²) in [6, 6.07) is 15.4. The Balaban J connectivity index is 2.47. The number of nitro benzene ring substituents is 1. The number of carbonyl (C=O) groups excluding carboxylic acids is 1. The van der Waals surface area contributed by atoms with Crippen LogP contribution in [0.2, 0.25) is 0 Å². The third kappa shape index (κ3) is 2.38. The molecule has 0 saturated carbocycles. The quantitative estimate of drug-likeness (QED) is 0.479. The second-order valence-electron chi connectivity index (χ2n) is 4.49. The van der Waals surface area contributed by atoms with Crippen LogP contribution >= 0.6 is 0 Å². The number of hydrogen-bond donors (Lipinski definition) is 0. The average Bonchev–Trinajstić information content (AvgIpc) is 2.47. The van der Waals surface area contributed by atoms with Crippen molar-refractivity contribution in [2.75, 3.05) is 0 Å². The maximum atomic E-state index is 11.5. The molecule has 2 aromatic rings. The molecule has 4 nitrogen and oxygen atoms in total. The highest BCUT2D eigenvalue weighted by Crippen LogP contribution is 2.30. The van der Waals surface area contributed by atoms with Crippen LogP contribution < -0.4 is 0 Å². The van der Waals surface area contributed by atoms with Crippen LogP contribution in [0.5, 0.6) is 0 Å². The Hall–Kier alpha value is -2.49. The number of non-ortho nitro benzene ring substituents is 1. The summed E-state index contributed by atoms with van der Waals surface area (Å²) >= 11 is 0. The minimum absolute atomic E-state index is 0.0186. The molecular formula is C15H13NO3. The summed E-state index contributed by atoms with van der Waals surface area (Å²) in [5, 5.41) is 10.6.